The van der Waals surface area contributed by atoms with Crippen LogP contribution < -0.4 is 0 Å². The lowest BCUT2D eigenvalue weighted by Crippen LogP contribution is -2.40. The van der Waals surface area contributed by atoms with Gasteiger partial charge in [-0.1, -0.05) is 5.21 Å². The molecule has 1 N–H and O–H groups in total. The Morgan fingerprint density at radius 2 is 2.18 bits per heavy atom. The van der Waals surface area contributed by atoms with Crippen LogP contribution in [0.3, 0.4) is 0 Å². The minimum Gasteiger partial charge on any atom is -0.480 e. The summed E-state index contributed by atoms with van der Waals surface area (Å²) >= 11 is 0. The number of carbonyl (C=O) groups excluding carboxylic acids is 1. The molecule has 92 valence electrons. The summed E-state index contributed by atoms with van der Waals surface area (Å²) in [5, 5.41) is 16.6. The monoisotopic (exact) mass is 238 g/mol. The number of carboxylic acid groups (broad SMARTS) is 1. The van der Waals surface area contributed by atoms with E-state index in [9.17, 15) is 9.59 Å². The highest BCUT2D eigenvalue weighted by atomic mass is 16.4. The van der Waals surface area contributed by atoms with E-state index in [2.05, 4.69) is 10.3 Å². The molecule has 1 aromatic rings. The standard InChI is InChI=1S/C10H14N4O3/c1-6-8(11-12-13(6)2)9(15)14-5-3-4-7(14)10(16)17/h7H,3-5H2,1-2H3,(H,16,17). The molecular formula is C10H14N4O3. The van der Waals surface area contributed by atoms with Gasteiger partial charge in [0, 0.05) is 13.6 Å². The van der Waals surface area contributed by atoms with Gasteiger partial charge in [0.15, 0.2) is 5.69 Å². The fraction of sp³-hybridized carbons (Fsp3) is 0.600. The van der Waals surface area contributed by atoms with Crippen molar-refractivity contribution in [1.29, 1.82) is 0 Å². The van der Waals surface area contributed by atoms with Gasteiger partial charge in [-0.25, -0.2) is 4.79 Å². The molecule has 1 saturated heterocycles. The predicted octanol–water partition coefficient (Wildman–Crippen LogP) is -0.187. The number of aliphatic carboxylic acids is 1. The fourth-order valence-electron chi connectivity index (χ4n) is 2.00. The molecule has 0 aromatic carbocycles. The highest BCUT2D eigenvalue weighted by Crippen LogP contribution is 2.20. The number of nitrogens with zero attached hydrogens (tertiary/aromatic N) is 4. The highest BCUT2D eigenvalue weighted by Gasteiger charge is 2.36. The zero-order chi connectivity index (χ0) is 12.6. The van der Waals surface area contributed by atoms with E-state index in [1.165, 1.54) is 9.58 Å². The van der Waals surface area contributed by atoms with Gasteiger partial charge in [0.1, 0.15) is 6.04 Å². The average Bonchev–Trinajstić information content (AvgIpc) is 2.87. The van der Waals surface area contributed by atoms with Crippen molar-refractivity contribution in [3.63, 3.8) is 0 Å². The van der Waals surface area contributed by atoms with E-state index in [1.807, 2.05) is 0 Å². The third-order valence-corrected chi connectivity index (χ3v) is 3.11. The Morgan fingerprint density at radius 1 is 1.47 bits per heavy atom. The van der Waals surface area contributed by atoms with Crippen LogP contribution in [0.5, 0.6) is 0 Å². The Labute approximate surface area is 98.0 Å². The Bertz CT molecular complexity index is 468. The molecule has 1 unspecified atom stereocenters. The summed E-state index contributed by atoms with van der Waals surface area (Å²) in [5.74, 6) is -1.31. The summed E-state index contributed by atoms with van der Waals surface area (Å²) in [4.78, 5) is 24.5. The maximum absolute atomic E-state index is 12.1. The number of hydrogen-bond acceptors (Lipinski definition) is 4. The normalized spacial score (nSPS) is 19.6. The summed E-state index contributed by atoms with van der Waals surface area (Å²) in [7, 11) is 1.69. The summed E-state index contributed by atoms with van der Waals surface area (Å²) in [6, 6.07) is -0.732. The molecule has 7 nitrogen and oxygen atoms in total. The molecule has 7 heteroatoms. The van der Waals surface area contributed by atoms with E-state index in [0.717, 1.165) is 0 Å². The van der Waals surface area contributed by atoms with Crippen LogP contribution in [0.25, 0.3) is 0 Å². The topological polar surface area (TPSA) is 88.3 Å². The van der Waals surface area contributed by atoms with Crippen molar-refractivity contribution in [2.24, 2.45) is 7.05 Å². The maximum atomic E-state index is 12.1. The Hall–Kier alpha value is -1.92. The third kappa shape index (κ3) is 1.88. The molecule has 1 aliphatic heterocycles. The van der Waals surface area contributed by atoms with Gasteiger partial charge in [-0.2, -0.15) is 0 Å². The summed E-state index contributed by atoms with van der Waals surface area (Å²) in [6.07, 6.45) is 1.21. The number of carboxylic acids is 1. The molecule has 0 saturated carbocycles. The zero-order valence-corrected chi connectivity index (χ0v) is 9.75. The smallest absolute Gasteiger partial charge is 0.326 e. The van der Waals surface area contributed by atoms with E-state index >= 15 is 0 Å². The van der Waals surface area contributed by atoms with Crippen molar-refractivity contribution in [2.75, 3.05) is 6.54 Å². The van der Waals surface area contributed by atoms with Gasteiger partial charge < -0.3 is 10.0 Å². The van der Waals surface area contributed by atoms with Crippen LogP contribution in [0.1, 0.15) is 29.0 Å². The second-order valence-electron chi connectivity index (χ2n) is 4.14. The molecule has 0 aliphatic carbocycles. The van der Waals surface area contributed by atoms with E-state index in [4.69, 9.17) is 5.11 Å². The molecule has 1 aliphatic rings. The number of hydrogen-bond donors (Lipinski definition) is 1. The number of rotatable bonds is 2. The first-order chi connectivity index (χ1) is 8.02. The lowest BCUT2D eigenvalue weighted by Gasteiger charge is -2.20. The van der Waals surface area contributed by atoms with Gasteiger partial charge in [-0.15, -0.1) is 5.10 Å². The van der Waals surface area contributed by atoms with Crippen LogP contribution in [0.15, 0.2) is 0 Å². The molecule has 2 rings (SSSR count). The Morgan fingerprint density at radius 3 is 2.71 bits per heavy atom. The summed E-state index contributed by atoms with van der Waals surface area (Å²) < 4.78 is 1.50. The van der Waals surface area contributed by atoms with Crippen LogP contribution in [0.4, 0.5) is 0 Å². The predicted molar refractivity (Wildman–Crippen MR) is 57.4 cm³/mol. The first-order valence-electron chi connectivity index (χ1n) is 5.42. The van der Waals surface area contributed by atoms with Gasteiger partial charge in [0.05, 0.1) is 5.69 Å². The van der Waals surface area contributed by atoms with Gasteiger partial charge >= 0.3 is 5.97 Å². The van der Waals surface area contributed by atoms with Crippen molar-refractivity contribution in [2.45, 2.75) is 25.8 Å². The zero-order valence-electron chi connectivity index (χ0n) is 9.75. The van der Waals surface area contributed by atoms with Gasteiger partial charge in [-0.3, -0.25) is 9.48 Å². The lowest BCUT2D eigenvalue weighted by molar-refractivity contribution is -0.141. The van der Waals surface area contributed by atoms with E-state index in [1.54, 1.807) is 14.0 Å². The van der Waals surface area contributed by atoms with Gasteiger partial charge in [0.2, 0.25) is 0 Å². The van der Waals surface area contributed by atoms with Crippen LogP contribution in [0, 0.1) is 6.92 Å². The molecule has 1 aromatic heterocycles. The van der Waals surface area contributed by atoms with E-state index in [0.29, 0.717) is 25.1 Å². The molecular weight excluding hydrogens is 224 g/mol. The second-order valence-corrected chi connectivity index (χ2v) is 4.14. The van der Waals surface area contributed by atoms with Gasteiger partial charge in [-0.05, 0) is 19.8 Å². The van der Waals surface area contributed by atoms with Crippen LogP contribution in [0.2, 0.25) is 0 Å². The molecule has 0 spiro atoms. The van der Waals surface area contributed by atoms with Crippen molar-refractivity contribution >= 4 is 11.9 Å². The molecule has 0 radical (unpaired) electrons. The first-order valence-corrected chi connectivity index (χ1v) is 5.42. The van der Waals surface area contributed by atoms with Crippen molar-refractivity contribution in [1.82, 2.24) is 19.9 Å². The second kappa shape index (κ2) is 4.15. The van der Waals surface area contributed by atoms with Crippen LogP contribution >= 0.6 is 0 Å². The molecule has 1 fully saturated rings. The van der Waals surface area contributed by atoms with E-state index < -0.39 is 12.0 Å². The molecule has 0 bridgehead atoms. The van der Waals surface area contributed by atoms with Crippen molar-refractivity contribution in [3.8, 4) is 0 Å². The summed E-state index contributed by atoms with van der Waals surface area (Å²) in [6.45, 7) is 2.20. The number of aryl methyl sites for hydroxylation is 1. The molecule has 1 amide bonds. The lowest BCUT2D eigenvalue weighted by atomic mass is 10.2. The van der Waals surface area contributed by atoms with Gasteiger partial charge in [0.25, 0.3) is 5.91 Å². The quantitative estimate of drug-likeness (QED) is 0.771. The van der Waals surface area contributed by atoms with Crippen LogP contribution in [-0.4, -0.2) is 49.5 Å². The molecule has 2 heterocycles. The molecule has 17 heavy (non-hydrogen) atoms. The Balaban J connectivity index is 2.26. The largest absolute Gasteiger partial charge is 0.480 e. The highest BCUT2D eigenvalue weighted by molar-refractivity contribution is 5.96. The minimum absolute atomic E-state index is 0.237. The number of likely N-dealkylation sites (tertiary alicyclic amines) is 1. The molecule has 1 atom stereocenters. The SMILES string of the molecule is Cc1c(C(=O)N2CCCC2C(=O)O)nnn1C. The average molecular weight is 238 g/mol. The number of amides is 1. The van der Waals surface area contributed by atoms with Crippen molar-refractivity contribution < 1.29 is 14.7 Å². The number of aromatic nitrogens is 3. The maximum Gasteiger partial charge on any atom is 0.326 e. The Kier molecular flexibility index (Phi) is 2.83. The summed E-state index contributed by atoms with van der Waals surface area (Å²) in [5.41, 5.74) is 0.881. The van der Waals surface area contributed by atoms with E-state index in [-0.39, 0.29) is 11.6 Å². The number of carbonyl (C=O) groups is 2. The minimum atomic E-state index is -0.961. The van der Waals surface area contributed by atoms with Crippen LogP contribution in [-0.2, 0) is 11.8 Å². The third-order valence-electron chi connectivity index (χ3n) is 3.11. The first kappa shape index (κ1) is 11.6. The fourth-order valence-corrected chi connectivity index (χ4v) is 2.00. The van der Waals surface area contributed by atoms with Crippen molar-refractivity contribution in [3.05, 3.63) is 11.4 Å².